The van der Waals surface area contributed by atoms with Crippen LogP contribution in [-0.4, -0.2) is 93.8 Å². The van der Waals surface area contributed by atoms with Crippen molar-refractivity contribution in [1.82, 2.24) is 19.8 Å². The maximum absolute atomic E-state index is 13.2. The van der Waals surface area contributed by atoms with Crippen molar-refractivity contribution in [3.63, 3.8) is 0 Å². The molecule has 2 aliphatic rings. The number of halogens is 2. The van der Waals surface area contributed by atoms with E-state index in [9.17, 15) is 18.9 Å². The first-order valence-corrected chi connectivity index (χ1v) is 14.5. The van der Waals surface area contributed by atoms with Gasteiger partial charge in [0.2, 0.25) is 5.91 Å². The topological polar surface area (TPSA) is 143 Å². The molecule has 0 aromatic heterocycles. The summed E-state index contributed by atoms with van der Waals surface area (Å²) in [4.78, 5) is 27.8. The number of rotatable bonds is 11. The zero-order chi connectivity index (χ0) is 27.1. The molecular formula is C26H34Cl2N4O6S. The van der Waals surface area contributed by atoms with Crippen LogP contribution < -0.4 is 15.4 Å². The van der Waals surface area contributed by atoms with Crippen molar-refractivity contribution in [2.24, 2.45) is 0 Å². The number of ether oxygens (including phenoxy) is 1. The van der Waals surface area contributed by atoms with Crippen molar-refractivity contribution in [2.75, 3.05) is 45.9 Å². The van der Waals surface area contributed by atoms with E-state index in [1.165, 1.54) is 0 Å². The minimum atomic E-state index is -1.66. The van der Waals surface area contributed by atoms with E-state index in [1.807, 2.05) is 24.3 Å². The second-order valence-corrected chi connectivity index (χ2v) is 11.7. The Morgan fingerprint density at radius 2 is 1.77 bits per heavy atom. The second-order valence-electron chi connectivity index (χ2n) is 9.34. The average Bonchev–Trinajstić information content (AvgIpc) is 3.39. The number of carbonyl (C=O) groups is 2. The summed E-state index contributed by atoms with van der Waals surface area (Å²) in [6.07, 6.45) is 1.24. The molecule has 214 valence electrons. The molecular weight excluding hydrogens is 567 g/mol. The van der Waals surface area contributed by atoms with Crippen LogP contribution in [0.15, 0.2) is 47.4 Å². The first kappa shape index (κ1) is 31.3. The van der Waals surface area contributed by atoms with Crippen molar-refractivity contribution in [3.05, 3.63) is 58.1 Å². The molecule has 1 amide bonds. The molecule has 2 aromatic rings. The molecule has 2 fully saturated rings. The van der Waals surface area contributed by atoms with Crippen LogP contribution in [0.1, 0.15) is 18.4 Å². The third kappa shape index (κ3) is 8.87. The number of nitrogens with zero attached hydrogens (tertiary/aromatic N) is 2. The molecule has 2 saturated heterocycles. The molecule has 0 bridgehead atoms. The summed E-state index contributed by atoms with van der Waals surface area (Å²) >= 11 is 12.1. The molecule has 0 aliphatic carbocycles. The number of amides is 1. The quantitative estimate of drug-likeness (QED) is 0.356. The molecule has 0 radical (unpaired) electrons. The maximum Gasteiger partial charge on any atom is 0.326 e. The molecule has 2 aliphatic heterocycles. The van der Waals surface area contributed by atoms with Crippen LogP contribution in [0.25, 0.3) is 0 Å². The van der Waals surface area contributed by atoms with Gasteiger partial charge in [-0.2, -0.15) is 0 Å². The number of hydrogen-bond donors (Lipinski definition) is 3. The number of aliphatic carboxylic acids is 1. The predicted octanol–water partition coefficient (Wildman–Crippen LogP) is 1.75. The van der Waals surface area contributed by atoms with Crippen molar-refractivity contribution in [2.45, 2.75) is 36.2 Å². The average molecular weight is 602 g/mol. The van der Waals surface area contributed by atoms with Gasteiger partial charge in [-0.3, -0.25) is 9.69 Å². The van der Waals surface area contributed by atoms with Crippen LogP contribution in [-0.2, 0) is 27.0 Å². The lowest BCUT2D eigenvalue weighted by Gasteiger charge is -2.26. The van der Waals surface area contributed by atoms with Gasteiger partial charge in [0.1, 0.15) is 35.4 Å². The lowest BCUT2D eigenvalue weighted by atomic mass is 10.1. The number of benzene rings is 2. The molecule has 39 heavy (non-hydrogen) atoms. The van der Waals surface area contributed by atoms with Gasteiger partial charge in [-0.05, 0) is 48.7 Å². The Kier molecular flexibility index (Phi) is 12.0. The van der Waals surface area contributed by atoms with Gasteiger partial charge in [-0.1, -0.05) is 35.3 Å². The number of hydrogen-bond acceptors (Lipinski definition) is 6. The van der Waals surface area contributed by atoms with Crippen molar-refractivity contribution >= 4 is 46.1 Å². The first-order valence-electron chi connectivity index (χ1n) is 12.6. The smallest absolute Gasteiger partial charge is 0.326 e. The number of nitrogens with one attached hydrogen (secondary N) is 2. The van der Waals surface area contributed by atoms with Gasteiger partial charge in [0.25, 0.3) is 0 Å². The number of piperazine rings is 1. The van der Waals surface area contributed by atoms with Gasteiger partial charge in [0.05, 0.1) is 4.90 Å². The van der Waals surface area contributed by atoms with Gasteiger partial charge < -0.3 is 26.0 Å². The maximum atomic E-state index is 13.2. The Balaban J connectivity index is 0.00000420. The Morgan fingerprint density at radius 1 is 1.10 bits per heavy atom. The van der Waals surface area contributed by atoms with E-state index in [2.05, 4.69) is 15.5 Å². The van der Waals surface area contributed by atoms with E-state index >= 15 is 0 Å². The first-order chi connectivity index (χ1) is 18.3. The Labute approximate surface area is 240 Å². The van der Waals surface area contributed by atoms with E-state index in [0.29, 0.717) is 46.7 Å². The standard InChI is InChI=1S/C26H32Cl2N4O5S.H2O/c27-19-15-20(28)17-22(16-19)38(36)32-9-1-2-24(32)25(33)30-23(26(34)35)14-18-3-5-21(6-4-18)37-13-12-31-10-7-29-8-11-31;/h3-6,15-17,23-24,29H,1-2,7-14H2,(H,30,33)(H,34,35);1H2/t23-,24?,38?;/m0./s1. The predicted molar refractivity (Wildman–Crippen MR) is 151 cm³/mol. The van der Waals surface area contributed by atoms with Crippen LogP contribution in [0, 0.1) is 0 Å². The highest BCUT2D eigenvalue weighted by Crippen LogP contribution is 2.27. The lowest BCUT2D eigenvalue weighted by molar-refractivity contribution is -0.142. The summed E-state index contributed by atoms with van der Waals surface area (Å²) in [5.74, 6) is -0.892. The molecule has 2 heterocycles. The summed E-state index contributed by atoms with van der Waals surface area (Å²) in [7, 11) is -1.66. The minimum Gasteiger partial charge on any atom is -0.492 e. The SMILES string of the molecule is O.O=C(N[C@@H](Cc1ccc(OCCN2CCNCC2)cc1)C(=O)O)C1CCCN1S(=O)c1cc(Cl)cc(Cl)c1. The third-order valence-corrected chi connectivity index (χ3v) is 8.56. The highest BCUT2D eigenvalue weighted by Gasteiger charge is 2.36. The highest BCUT2D eigenvalue weighted by molar-refractivity contribution is 7.82. The summed E-state index contributed by atoms with van der Waals surface area (Å²) in [6.45, 7) is 5.86. The summed E-state index contributed by atoms with van der Waals surface area (Å²) < 4.78 is 20.6. The molecule has 4 rings (SSSR count). The van der Waals surface area contributed by atoms with E-state index in [0.717, 1.165) is 38.3 Å². The fourth-order valence-electron chi connectivity index (χ4n) is 4.62. The van der Waals surface area contributed by atoms with Crippen molar-refractivity contribution < 1.29 is 29.1 Å². The number of carbonyl (C=O) groups excluding carboxylic acids is 1. The van der Waals surface area contributed by atoms with Crippen molar-refractivity contribution in [3.8, 4) is 5.75 Å². The molecule has 13 heteroatoms. The summed E-state index contributed by atoms with van der Waals surface area (Å²) in [5, 5.41) is 16.4. The van der Waals surface area contributed by atoms with Crippen LogP contribution >= 0.6 is 23.2 Å². The fraction of sp³-hybridized carbons (Fsp3) is 0.462. The zero-order valence-corrected chi connectivity index (χ0v) is 23.7. The third-order valence-electron chi connectivity index (χ3n) is 6.62. The zero-order valence-electron chi connectivity index (χ0n) is 21.4. The van der Waals surface area contributed by atoms with E-state index in [-0.39, 0.29) is 11.9 Å². The Bertz CT molecular complexity index is 1130. The van der Waals surface area contributed by atoms with Gasteiger partial charge >= 0.3 is 5.97 Å². The Hall–Kier alpha value is -2.25. The largest absolute Gasteiger partial charge is 0.492 e. The monoisotopic (exact) mass is 600 g/mol. The van der Waals surface area contributed by atoms with Crippen LogP contribution in [0.5, 0.6) is 5.75 Å². The summed E-state index contributed by atoms with van der Waals surface area (Å²) in [5.41, 5.74) is 0.757. The van der Waals surface area contributed by atoms with E-state index in [1.54, 1.807) is 22.5 Å². The van der Waals surface area contributed by atoms with Crippen molar-refractivity contribution in [1.29, 1.82) is 0 Å². The van der Waals surface area contributed by atoms with Gasteiger partial charge in [-0.15, -0.1) is 0 Å². The van der Waals surface area contributed by atoms with Gasteiger partial charge in [0.15, 0.2) is 0 Å². The minimum absolute atomic E-state index is 0. The van der Waals surface area contributed by atoms with E-state index < -0.39 is 34.9 Å². The van der Waals surface area contributed by atoms with Crippen LogP contribution in [0.4, 0.5) is 0 Å². The molecule has 5 N–H and O–H groups in total. The molecule has 2 aromatic carbocycles. The molecule has 0 spiro atoms. The van der Waals surface area contributed by atoms with Gasteiger partial charge in [0, 0.05) is 55.7 Å². The Morgan fingerprint density at radius 3 is 2.41 bits per heavy atom. The van der Waals surface area contributed by atoms with Gasteiger partial charge in [-0.25, -0.2) is 13.3 Å². The lowest BCUT2D eigenvalue weighted by Crippen LogP contribution is -2.50. The normalized spacial score (nSPS) is 19.6. The number of carboxylic acid groups (broad SMARTS) is 1. The fourth-order valence-corrected chi connectivity index (χ4v) is 6.73. The van der Waals surface area contributed by atoms with E-state index in [4.69, 9.17) is 27.9 Å². The van der Waals surface area contributed by atoms with Crippen LogP contribution in [0.2, 0.25) is 10.0 Å². The molecule has 2 unspecified atom stereocenters. The summed E-state index contributed by atoms with van der Waals surface area (Å²) in [6, 6.07) is 10.0. The number of carboxylic acids is 1. The molecule has 0 saturated carbocycles. The second kappa shape index (κ2) is 14.9. The highest BCUT2D eigenvalue weighted by atomic mass is 35.5. The van der Waals surface area contributed by atoms with Crippen LogP contribution in [0.3, 0.4) is 0 Å². The molecule has 3 atom stereocenters. The molecule has 10 nitrogen and oxygen atoms in total.